The van der Waals surface area contributed by atoms with E-state index in [1.165, 1.54) is 6.07 Å². The Hall–Kier alpha value is -0.260. The van der Waals surface area contributed by atoms with Gasteiger partial charge in [-0.2, -0.15) is 0 Å². The van der Waals surface area contributed by atoms with Gasteiger partial charge in [-0.15, -0.1) is 24.8 Å². The van der Waals surface area contributed by atoms with Crippen LogP contribution in [0.4, 0.5) is 4.39 Å². The molecule has 0 aromatic heterocycles. The molecule has 1 atom stereocenters. The first-order valence-electron chi connectivity index (χ1n) is 7.12. The number of aromatic hydroxyl groups is 1. The highest BCUT2D eigenvalue weighted by molar-refractivity contribution is 6.32. The lowest BCUT2D eigenvalue weighted by atomic mass is 9.94. The van der Waals surface area contributed by atoms with E-state index in [2.05, 4.69) is 24.1 Å². The normalized spacial score (nSPS) is 16.8. The number of nitrogens with zero attached hydrogens (tertiary/aromatic N) is 1. The van der Waals surface area contributed by atoms with Crippen LogP contribution in [0.3, 0.4) is 0 Å². The maximum absolute atomic E-state index is 13.4. The van der Waals surface area contributed by atoms with E-state index in [0.717, 1.165) is 38.2 Å². The van der Waals surface area contributed by atoms with Crippen molar-refractivity contribution in [2.24, 2.45) is 5.92 Å². The molecule has 1 aliphatic heterocycles. The van der Waals surface area contributed by atoms with E-state index in [-0.39, 0.29) is 41.6 Å². The zero-order chi connectivity index (χ0) is 14.7. The summed E-state index contributed by atoms with van der Waals surface area (Å²) in [5, 5.41) is 13.3. The maximum atomic E-state index is 13.4. The van der Waals surface area contributed by atoms with Crippen LogP contribution in [0.15, 0.2) is 12.1 Å². The van der Waals surface area contributed by atoms with Crippen molar-refractivity contribution >= 4 is 36.4 Å². The van der Waals surface area contributed by atoms with Gasteiger partial charge in [0, 0.05) is 37.8 Å². The van der Waals surface area contributed by atoms with Gasteiger partial charge in [-0.05, 0) is 18.4 Å². The van der Waals surface area contributed by atoms with Crippen LogP contribution in [0.1, 0.15) is 31.9 Å². The Bertz CT molecular complexity index is 468. The summed E-state index contributed by atoms with van der Waals surface area (Å²) in [6, 6.07) is 3.08. The van der Waals surface area contributed by atoms with E-state index in [1.807, 2.05) is 0 Å². The second kappa shape index (κ2) is 9.78. The molecule has 0 unspecified atom stereocenters. The highest BCUT2D eigenvalue weighted by Gasteiger charge is 2.26. The second-order valence-electron chi connectivity index (χ2n) is 5.73. The quantitative estimate of drug-likeness (QED) is 0.836. The minimum atomic E-state index is -0.573. The van der Waals surface area contributed by atoms with Gasteiger partial charge in [-0.1, -0.05) is 31.5 Å². The van der Waals surface area contributed by atoms with Crippen molar-refractivity contribution in [3.63, 3.8) is 0 Å². The Morgan fingerprint density at radius 2 is 1.86 bits per heavy atom. The van der Waals surface area contributed by atoms with Crippen molar-refractivity contribution in [1.29, 1.82) is 0 Å². The molecule has 0 aliphatic carbocycles. The van der Waals surface area contributed by atoms with E-state index in [0.29, 0.717) is 5.92 Å². The molecule has 1 heterocycles. The van der Waals surface area contributed by atoms with Gasteiger partial charge < -0.3 is 10.4 Å². The second-order valence-corrected chi connectivity index (χ2v) is 6.11. The summed E-state index contributed by atoms with van der Waals surface area (Å²) in [5.74, 6) is -0.203. The topological polar surface area (TPSA) is 35.5 Å². The average Bonchev–Trinajstić information content (AvgIpc) is 2.44. The Morgan fingerprint density at radius 3 is 2.41 bits per heavy atom. The van der Waals surface area contributed by atoms with Gasteiger partial charge in [0.1, 0.15) is 16.6 Å². The van der Waals surface area contributed by atoms with Gasteiger partial charge in [0.15, 0.2) is 0 Å². The predicted octanol–water partition coefficient (Wildman–Crippen LogP) is 4.02. The van der Waals surface area contributed by atoms with Crippen LogP contribution in [0.2, 0.25) is 5.02 Å². The smallest absolute Gasteiger partial charge is 0.145 e. The zero-order valence-electron chi connectivity index (χ0n) is 12.8. The lowest BCUT2D eigenvalue weighted by Gasteiger charge is -2.36. The van der Waals surface area contributed by atoms with E-state index >= 15 is 0 Å². The zero-order valence-corrected chi connectivity index (χ0v) is 15.2. The minimum absolute atomic E-state index is 0. The molecule has 0 spiro atoms. The molecule has 3 nitrogen and oxygen atoms in total. The first-order valence-corrected chi connectivity index (χ1v) is 7.50. The molecule has 1 fully saturated rings. The summed E-state index contributed by atoms with van der Waals surface area (Å²) in [7, 11) is 0. The molecule has 22 heavy (non-hydrogen) atoms. The molecule has 0 amide bonds. The number of phenolic OH excluding ortho intramolecular Hbond substituents is 1. The number of hydrogen-bond donors (Lipinski definition) is 2. The third-order valence-corrected chi connectivity index (χ3v) is 4.11. The van der Waals surface area contributed by atoms with Gasteiger partial charge in [0.05, 0.1) is 0 Å². The van der Waals surface area contributed by atoms with Crippen LogP contribution in [0.25, 0.3) is 0 Å². The lowest BCUT2D eigenvalue weighted by Crippen LogP contribution is -2.45. The monoisotopic (exact) mass is 372 g/mol. The average molecular weight is 374 g/mol. The summed E-state index contributed by atoms with van der Waals surface area (Å²) >= 11 is 5.85. The molecular formula is C15H24Cl3FN2O. The molecule has 1 saturated heterocycles. The first-order chi connectivity index (χ1) is 9.50. The molecule has 1 aliphatic rings. The van der Waals surface area contributed by atoms with E-state index < -0.39 is 5.82 Å². The fourth-order valence-electron chi connectivity index (χ4n) is 2.74. The highest BCUT2D eigenvalue weighted by Crippen LogP contribution is 2.38. The Labute approximate surface area is 149 Å². The molecular weight excluding hydrogens is 350 g/mol. The van der Waals surface area contributed by atoms with E-state index in [9.17, 15) is 9.50 Å². The largest absolute Gasteiger partial charge is 0.506 e. The van der Waals surface area contributed by atoms with Crippen molar-refractivity contribution < 1.29 is 9.50 Å². The summed E-state index contributed by atoms with van der Waals surface area (Å²) in [5.41, 5.74) is 0.729. The molecule has 128 valence electrons. The number of benzene rings is 1. The highest BCUT2D eigenvalue weighted by atomic mass is 35.5. The van der Waals surface area contributed by atoms with E-state index in [1.54, 1.807) is 6.07 Å². The number of nitrogens with one attached hydrogen (secondary N) is 1. The Kier molecular flexibility index (Phi) is 9.67. The van der Waals surface area contributed by atoms with Crippen molar-refractivity contribution in [2.45, 2.75) is 26.3 Å². The molecule has 0 radical (unpaired) electrons. The number of halogens is 4. The maximum Gasteiger partial charge on any atom is 0.145 e. The van der Waals surface area contributed by atoms with Crippen LogP contribution in [0, 0.1) is 11.7 Å². The lowest BCUT2D eigenvalue weighted by molar-refractivity contribution is 0.151. The molecule has 2 N–H and O–H groups in total. The summed E-state index contributed by atoms with van der Waals surface area (Å²) in [6.07, 6.45) is 0.912. The number of piperazine rings is 1. The SMILES string of the molecule is CC(C)C[C@H](c1ccc(F)c(Cl)c1O)N1CCNCC1.Cl.Cl. The Morgan fingerprint density at radius 1 is 1.27 bits per heavy atom. The summed E-state index contributed by atoms with van der Waals surface area (Å²) in [6.45, 7) is 8.01. The fraction of sp³-hybridized carbons (Fsp3) is 0.600. The van der Waals surface area contributed by atoms with Gasteiger partial charge in [-0.25, -0.2) is 4.39 Å². The van der Waals surface area contributed by atoms with Gasteiger partial charge in [0.25, 0.3) is 0 Å². The fourth-order valence-corrected chi connectivity index (χ4v) is 2.91. The van der Waals surface area contributed by atoms with Crippen LogP contribution in [0.5, 0.6) is 5.75 Å². The molecule has 1 aromatic rings. The third-order valence-electron chi connectivity index (χ3n) is 3.75. The van der Waals surface area contributed by atoms with Crippen LogP contribution in [-0.2, 0) is 0 Å². The molecule has 0 bridgehead atoms. The molecule has 2 rings (SSSR count). The standard InChI is InChI=1S/C15H22ClFN2O.2ClH/c1-10(2)9-13(19-7-5-18-6-8-19)11-3-4-12(17)14(16)15(11)20;;/h3-4,10,13,18,20H,5-9H2,1-2H3;2*1H/t13-;;/m1../s1. The Balaban J connectivity index is 0.00000220. The van der Waals surface area contributed by atoms with Crippen LogP contribution < -0.4 is 5.32 Å². The molecule has 1 aromatic carbocycles. The first kappa shape index (κ1) is 21.7. The number of hydrogen-bond acceptors (Lipinski definition) is 3. The predicted molar refractivity (Wildman–Crippen MR) is 94.2 cm³/mol. The van der Waals surface area contributed by atoms with Crippen molar-refractivity contribution in [3.8, 4) is 5.75 Å². The van der Waals surface area contributed by atoms with E-state index in [4.69, 9.17) is 11.6 Å². The van der Waals surface area contributed by atoms with Crippen LogP contribution >= 0.6 is 36.4 Å². The number of rotatable bonds is 4. The van der Waals surface area contributed by atoms with Crippen molar-refractivity contribution in [2.75, 3.05) is 26.2 Å². The summed E-state index contributed by atoms with van der Waals surface area (Å²) < 4.78 is 13.4. The van der Waals surface area contributed by atoms with Gasteiger partial charge >= 0.3 is 0 Å². The minimum Gasteiger partial charge on any atom is -0.506 e. The van der Waals surface area contributed by atoms with Gasteiger partial charge in [0.2, 0.25) is 0 Å². The van der Waals surface area contributed by atoms with Crippen molar-refractivity contribution in [1.82, 2.24) is 10.2 Å². The molecule has 0 saturated carbocycles. The molecule has 7 heteroatoms. The van der Waals surface area contributed by atoms with Crippen LogP contribution in [-0.4, -0.2) is 36.2 Å². The third kappa shape index (κ3) is 5.14. The number of phenols is 1. The van der Waals surface area contributed by atoms with Crippen molar-refractivity contribution in [3.05, 3.63) is 28.5 Å². The van der Waals surface area contributed by atoms with Gasteiger partial charge in [-0.3, -0.25) is 4.90 Å². The summed E-state index contributed by atoms with van der Waals surface area (Å²) in [4.78, 5) is 2.33.